The molecule has 1 fully saturated rings. The van der Waals surface area contributed by atoms with E-state index in [2.05, 4.69) is 10.6 Å². The number of esters is 1. The topological polar surface area (TPSA) is 128 Å². The van der Waals surface area contributed by atoms with Crippen LogP contribution in [-0.4, -0.2) is 35.0 Å². The van der Waals surface area contributed by atoms with Crippen molar-refractivity contribution in [1.82, 2.24) is 10.6 Å². The molecule has 0 radical (unpaired) electrons. The first-order valence-corrected chi connectivity index (χ1v) is 10.2. The second-order valence-corrected chi connectivity index (χ2v) is 8.02. The average molecular weight is 419 g/mol. The average Bonchev–Trinajstić information content (AvgIpc) is 3.12. The third-order valence-electron chi connectivity index (χ3n) is 4.74. The van der Waals surface area contributed by atoms with Crippen LogP contribution in [0.5, 0.6) is 0 Å². The molecular weight excluding hydrogens is 398 g/mol. The zero-order valence-corrected chi connectivity index (χ0v) is 16.6. The summed E-state index contributed by atoms with van der Waals surface area (Å²) in [5.41, 5.74) is -0.0769. The molecule has 1 aliphatic carbocycles. The van der Waals surface area contributed by atoms with E-state index >= 15 is 0 Å². The van der Waals surface area contributed by atoms with E-state index in [1.54, 1.807) is 6.07 Å². The highest BCUT2D eigenvalue weighted by Gasteiger charge is 2.23. The Balaban J connectivity index is 1.56. The number of imide groups is 1. The third-order valence-corrected chi connectivity index (χ3v) is 5.84. The number of non-ortho nitro benzene ring substituents is 1. The number of amides is 3. The Kier molecular flexibility index (Phi) is 6.42. The Bertz CT molecular complexity index is 951. The molecule has 1 aromatic carbocycles. The van der Waals surface area contributed by atoms with E-state index in [0.717, 1.165) is 43.4 Å². The summed E-state index contributed by atoms with van der Waals surface area (Å²) in [4.78, 5) is 47.0. The van der Waals surface area contributed by atoms with E-state index < -0.39 is 28.9 Å². The van der Waals surface area contributed by atoms with Crippen molar-refractivity contribution in [2.75, 3.05) is 0 Å². The minimum atomic E-state index is -1.17. The highest BCUT2D eigenvalue weighted by atomic mass is 32.1. The van der Waals surface area contributed by atoms with Crippen molar-refractivity contribution in [3.8, 4) is 0 Å². The molecule has 2 N–H and O–H groups in total. The van der Waals surface area contributed by atoms with Crippen molar-refractivity contribution in [2.45, 2.75) is 51.2 Å². The van der Waals surface area contributed by atoms with Crippen LogP contribution < -0.4 is 10.6 Å². The number of carbonyl (C=O) groups is 3. The lowest BCUT2D eigenvalue weighted by atomic mass is 9.96. The van der Waals surface area contributed by atoms with Crippen LogP contribution >= 0.6 is 11.3 Å². The molecule has 1 aliphatic rings. The summed E-state index contributed by atoms with van der Waals surface area (Å²) in [7, 11) is 0. The number of fused-ring (bicyclic) bond motifs is 1. The van der Waals surface area contributed by atoms with Crippen LogP contribution in [0.2, 0.25) is 0 Å². The number of thiophene rings is 1. The van der Waals surface area contributed by atoms with Gasteiger partial charge in [-0.25, -0.2) is 9.59 Å². The molecule has 0 bridgehead atoms. The van der Waals surface area contributed by atoms with Gasteiger partial charge in [0.25, 0.3) is 11.6 Å². The maximum atomic E-state index is 12.3. The van der Waals surface area contributed by atoms with Crippen LogP contribution in [0.25, 0.3) is 10.1 Å². The number of rotatable bonds is 5. The number of nitro groups is 1. The van der Waals surface area contributed by atoms with Gasteiger partial charge < -0.3 is 10.1 Å². The molecule has 1 atom stereocenters. The maximum Gasteiger partial charge on any atom is 0.349 e. The largest absolute Gasteiger partial charge is 0.448 e. The number of nitro benzene ring substituents is 1. The smallest absolute Gasteiger partial charge is 0.349 e. The summed E-state index contributed by atoms with van der Waals surface area (Å²) >= 11 is 1.11. The van der Waals surface area contributed by atoms with Gasteiger partial charge in [0, 0.05) is 28.3 Å². The number of hydrogen-bond acceptors (Lipinski definition) is 7. The summed E-state index contributed by atoms with van der Waals surface area (Å²) in [5.74, 6) is -1.45. The molecule has 0 saturated heterocycles. The predicted molar refractivity (Wildman–Crippen MR) is 107 cm³/mol. The molecule has 0 unspecified atom stereocenters. The number of urea groups is 1. The molecule has 2 aromatic rings. The highest BCUT2D eigenvalue weighted by molar-refractivity contribution is 7.20. The first-order valence-electron chi connectivity index (χ1n) is 9.34. The standard InChI is InChI=1S/C19H21N3O6S/c1-11(17(23)21-19(25)20-13-5-3-2-4-6-13)28-18(24)16-10-12-9-14(22(26)27)7-8-15(12)29-16/h7-11,13H,2-6H2,1H3,(H2,20,21,23,25)/t11-/m0/s1. The van der Waals surface area contributed by atoms with Gasteiger partial charge in [0.2, 0.25) is 0 Å². The fraction of sp³-hybridized carbons (Fsp3) is 0.421. The molecule has 1 heterocycles. The second kappa shape index (κ2) is 8.99. The first-order chi connectivity index (χ1) is 13.8. The Morgan fingerprint density at radius 1 is 1.21 bits per heavy atom. The molecular formula is C19H21N3O6S. The molecule has 1 aromatic heterocycles. The Labute approximate surface area is 170 Å². The van der Waals surface area contributed by atoms with Gasteiger partial charge in [-0.2, -0.15) is 0 Å². The lowest BCUT2D eigenvalue weighted by molar-refractivity contribution is -0.384. The highest BCUT2D eigenvalue weighted by Crippen LogP contribution is 2.29. The fourth-order valence-electron chi connectivity index (χ4n) is 3.20. The molecule has 3 amide bonds. The summed E-state index contributed by atoms with van der Waals surface area (Å²) in [6.07, 6.45) is 3.85. The van der Waals surface area contributed by atoms with Crippen LogP contribution in [0.4, 0.5) is 10.5 Å². The summed E-state index contributed by atoms with van der Waals surface area (Å²) in [6.45, 7) is 1.37. The van der Waals surface area contributed by atoms with Crippen molar-refractivity contribution >= 4 is 45.0 Å². The number of nitrogens with one attached hydrogen (secondary N) is 2. The second-order valence-electron chi connectivity index (χ2n) is 6.94. The Morgan fingerprint density at radius 3 is 2.62 bits per heavy atom. The monoisotopic (exact) mass is 419 g/mol. The fourth-order valence-corrected chi connectivity index (χ4v) is 4.13. The van der Waals surface area contributed by atoms with Crippen molar-refractivity contribution in [3.05, 3.63) is 39.3 Å². The molecule has 29 heavy (non-hydrogen) atoms. The van der Waals surface area contributed by atoms with Gasteiger partial charge in [-0.15, -0.1) is 11.3 Å². The SMILES string of the molecule is C[C@H](OC(=O)c1cc2cc([N+](=O)[O-])ccc2s1)C(=O)NC(=O)NC1CCCCC1. The zero-order chi connectivity index (χ0) is 21.0. The van der Waals surface area contributed by atoms with E-state index in [1.165, 1.54) is 25.1 Å². The molecule has 10 heteroatoms. The van der Waals surface area contributed by atoms with Crippen LogP contribution in [0, 0.1) is 10.1 Å². The Hall–Kier alpha value is -3.01. The quantitative estimate of drug-likeness (QED) is 0.434. The minimum Gasteiger partial charge on any atom is -0.448 e. The number of ether oxygens (including phenoxy) is 1. The summed E-state index contributed by atoms with van der Waals surface area (Å²) in [5, 5.41) is 16.4. The first kappa shape index (κ1) is 20.7. The van der Waals surface area contributed by atoms with Gasteiger partial charge >= 0.3 is 12.0 Å². The van der Waals surface area contributed by atoms with E-state index in [9.17, 15) is 24.5 Å². The van der Waals surface area contributed by atoms with Crippen LogP contribution in [0.15, 0.2) is 24.3 Å². The van der Waals surface area contributed by atoms with Gasteiger partial charge in [0.05, 0.1) is 4.92 Å². The van der Waals surface area contributed by atoms with Gasteiger partial charge in [0.15, 0.2) is 6.10 Å². The Morgan fingerprint density at radius 2 is 1.93 bits per heavy atom. The van der Waals surface area contributed by atoms with Crippen molar-refractivity contribution in [2.24, 2.45) is 0 Å². The molecule has 0 spiro atoms. The number of hydrogen-bond donors (Lipinski definition) is 2. The predicted octanol–water partition coefficient (Wildman–Crippen LogP) is 3.51. The van der Waals surface area contributed by atoms with Crippen LogP contribution in [0.3, 0.4) is 0 Å². The lowest BCUT2D eigenvalue weighted by Crippen LogP contribution is -2.48. The molecule has 154 valence electrons. The summed E-state index contributed by atoms with van der Waals surface area (Å²) < 4.78 is 5.83. The van der Waals surface area contributed by atoms with Crippen molar-refractivity contribution < 1.29 is 24.0 Å². The third kappa shape index (κ3) is 5.29. The van der Waals surface area contributed by atoms with Gasteiger partial charge in [-0.1, -0.05) is 19.3 Å². The van der Waals surface area contributed by atoms with Crippen molar-refractivity contribution in [1.29, 1.82) is 0 Å². The zero-order valence-electron chi connectivity index (χ0n) is 15.8. The number of carbonyl (C=O) groups excluding carboxylic acids is 3. The van der Waals surface area contributed by atoms with Crippen LogP contribution in [0.1, 0.15) is 48.7 Å². The normalized spacial score (nSPS) is 15.5. The van der Waals surface area contributed by atoms with Gasteiger partial charge in [-0.3, -0.25) is 20.2 Å². The van der Waals surface area contributed by atoms with Crippen molar-refractivity contribution in [3.63, 3.8) is 0 Å². The van der Waals surface area contributed by atoms with E-state index in [-0.39, 0.29) is 16.6 Å². The minimum absolute atomic E-state index is 0.0528. The van der Waals surface area contributed by atoms with Gasteiger partial charge in [-0.05, 0) is 31.9 Å². The van der Waals surface area contributed by atoms with Crippen LogP contribution in [-0.2, 0) is 9.53 Å². The maximum absolute atomic E-state index is 12.3. The van der Waals surface area contributed by atoms with E-state index in [4.69, 9.17) is 4.74 Å². The van der Waals surface area contributed by atoms with E-state index in [1.807, 2.05) is 0 Å². The van der Waals surface area contributed by atoms with Gasteiger partial charge in [0.1, 0.15) is 4.88 Å². The van der Waals surface area contributed by atoms with E-state index in [0.29, 0.717) is 10.1 Å². The molecule has 0 aliphatic heterocycles. The lowest BCUT2D eigenvalue weighted by Gasteiger charge is -2.23. The number of nitrogens with zero attached hydrogens (tertiary/aromatic N) is 1. The molecule has 1 saturated carbocycles. The molecule has 3 rings (SSSR count). The number of benzene rings is 1. The molecule has 9 nitrogen and oxygen atoms in total. The summed E-state index contributed by atoms with van der Waals surface area (Å²) in [6, 6.07) is 5.22.